The second kappa shape index (κ2) is 5.56. The lowest BCUT2D eigenvalue weighted by molar-refractivity contribution is 0.262. The summed E-state index contributed by atoms with van der Waals surface area (Å²) in [4.78, 5) is 6.50. The van der Waals surface area contributed by atoms with Crippen molar-refractivity contribution in [3.63, 3.8) is 0 Å². The van der Waals surface area contributed by atoms with Crippen LogP contribution in [0.3, 0.4) is 0 Å². The fourth-order valence-corrected chi connectivity index (χ4v) is 2.54. The van der Waals surface area contributed by atoms with E-state index in [1.165, 1.54) is 6.42 Å². The van der Waals surface area contributed by atoms with E-state index in [9.17, 15) is 0 Å². The van der Waals surface area contributed by atoms with Gasteiger partial charge in [-0.2, -0.15) is 0 Å². The zero-order chi connectivity index (χ0) is 12.3. The third-order valence-electron chi connectivity index (χ3n) is 3.23. The van der Waals surface area contributed by atoms with Crippen LogP contribution in [0.25, 0.3) is 0 Å². The number of nitrogens with zero attached hydrogens (tertiary/aromatic N) is 2. The molecule has 0 bridgehead atoms. The lowest BCUT2D eigenvalue weighted by atomic mass is 9.99. The number of aliphatic hydroxyl groups is 1. The van der Waals surface area contributed by atoms with Crippen molar-refractivity contribution in [2.45, 2.75) is 31.7 Å². The molecule has 0 radical (unpaired) electrons. The van der Waals surface area contributed by atoms with Crippen molar-refractivity contribution < 1.29 is 5.11 Å². The number of anilines is 2. The first kappa shape index (κ1) is 12.5. The maximum absolute atomic E-state index is 9.10. The lowest BCUT2D eigenvalue weighted by Crippen LogP contribution is -2.41. The van der Waals surface area contributed by atoms with Crippen LogP contribution in [0.5, 0.6) is 0 Å². The van der Waals surface area contributed by atoms with Gasteiger partial charge < -0.3 is 15.7 Å². The molecule has 94 valence electrons. The quantitative estimate of drug-likeness (QED) is 0.812. The summed E-state index contributed by atoms with van der Waals surface area (Å²) in [5, 5.41) is 9.56. The Bertz CT molecular complexity index is 384. The molecule has 1 aromatic heterocycles. The van der Waals surface area contributed by atoms with E-state index in [1.54, 1.807) is 12.1 Å². The second-order valence-corrected chi connectivity index (χ2v) is 4.79. The molecule has 1 aromatic rings. The number of piperidine rings is 1. The molecule has 2 heterocycles. The van der Waals surface area contributed by atoms with E-state index in [0.29, 0.717) is 16.9 Å². The zero-order valence-corrected chi connectivity index (χ0v) is 10.5. The third kappa shape index (κ3) is 2.82. The van der Waals surface area contributed by atoms with Crippen molar-refractivity contribution in [1.29, 1.82) is 0 Å². The molecule has 0 saturated carbocycles. The molecule has 1 aliphatic heterocycles. The number of rotatable bonds is 3. The van der Waals surface area contributed by atoms with Gasteiger partial charge in [-0.1, -0.05) is 11.6 Å². The van der Waals surface area contributed by atoms with Gasteiger partial charge in [0.2, 0.25) is 0 Å². The monoisotopic (exact) mass is 255 g/mol. The van der Waals surface area contributed by atoms with Crippen LogP contribution in [0.4, 0.5) is 11.5 Å². The standard InChI is InChI=1S/C12H18ClN3O/c13-11-5-4-10(14)12(15-11)16-7-2-1-3-9(16)6-8-17/h4-5,9,17H,1-3,6-8,14H2. The minimum atomic E-state index is 0.196. The molecule has 0 amide bonds. The Hall–Kier alpha value is -1.00. The Balaban J connectivity index is 2.25. The van der Waals surface area contributed by atoms with Crippen molar-refractivity contribution in [2.24, 2.45) is 0 Å². The fraction of sp³-hybridized carbons (Fsp3) is 0.583. The highest BCUT2D eigenvalue weighted by molar-refractivity contribution is 6.29. The van der Waals surface area contributed by atoms with E-state index in [4.69, 9.17) is 22.4 Å². The summed E-state index contributed by atoms with van der Waals surface area (Å²) in [6, 6.07) is 3.81. The predicted molar refractivity (Wildman–Crippen MR) is 70.3 cm³/mol. The Morgan fingerprint density at radius 3 is 3.06 bits per heavy atom. The molecule has 2 rings (SSSR count). The number of halogens is 1. The van der Waals surface area contributed by atoms with Crippen LogP contribution in [0.1, 0.15) is 25.7 Å². The Labute approximate surface area is 106 Å². The normalized spacial score (nSPS) is 20.6. The number of hydrogen-bond acceptors (Lipinski definition) is 4. The maximum atomic E-state index is 9.10. The number of hydrogen-bond donors (Lipinski definition) is 2. The van der Waals surface area contributed by atoms with Crippen LogP contribution in [-0.4, -0.2) is 29.3 Å². The number of nitrogen functional groups attached to an aromatic ring is 1. The molecule has 1 fully saturated rings. The van der Waals surface area contributed by atoms with Crippen LogP contribution < -0.4 is 10.6 Å². The number of aromatic nitrogens is 1. The Kier molecular flexibility index (Phi) is 4.07. The zero-order valence-electron chi connectivity index (χ0n) is 9.77. The maximum Gasteiger partial charge on any atom is 0.153 e. The Morgan fingerprint density at radius 1 is 1.47 bits per heavy atom. The van der Waals surface area contributed by atoms with Crippen molar-refractivity contribution in [2.75, 3.05) is 23.8 Å². The summed E-state index contributed by atoms with van der Waals surface area (Å²) in [7, 11) is 0. The van der Waals surface area contributed by atoms with E-state index < -0.39 is 0 Å². The smallest absolute Gasteiger partial charge is 0.153 e. The van der Waals surface area contributed by atoms with Gasteiger partial charge in [0.15, 0.2) is 5.82 Å². The van der Waals surface area contributed by atoms with E-state index in [0.717, 1.165) is 31.6 Å². The van der Waals surface area contributed by atoms with Gasteiger partial charge >= 0.3 is 0 Å². The molecule has 0 spiro atoms. The summed E-state index contributed by atoms with van der Waals surface area (Å²) >= 11 is 5.92. The number of nitrogens with two attached hydrogens (primary N) is 1. The van der Waals surface area contributed by atoms with Crippen molar-refractivity contribution in [3.8, 4) is 0 Å². The molecular weight excluding hydrogens is 238 g/mol. The van der Waals surface area contributed by atoms with Gasteiger partial charge in [0.25, 0.3) is 0 Å². The van der Waals surface area contributed by atoms with Crippen LogP contribution in [0, 0.1) is 0 Å². The van der Waals surface area contributed by atoms with Crippen molar-refractivity contribution in [3.05, 3.63) is 17.3 Å². The highest BCUT2D eigenvalue weighted by Crippen LogP contribution is 2.30. The molecule has 1 aliphatic rings. The SMILES string of the molecule is Nc1ccc(Cl)nc1N1CCCCC1CCO. The first-order valence-electron chi connectivity index (χ1n) is 6.02. The molecule has 4 nitrogen and oxygen atoms in total. The van der Waals surface area contributed by atoms with Gasteiger partial charge in [0.05, 0.1) is 5.69 Å². The molecule has 17 heavy (non-hydrogen) atoms. The van der Waals surface area contributed by atoms with Gasteiger partial charge in [0.1, 0.15) is 5.15 Å². The summed E-state index contributed by atoms with van der Waals surface area (Å²) in [6.45, 7) is 1.13. The summed E-state index contributed by atoms with van der Waals surface area (Å²) < 4.78 is 0. The van der Waals surface area contributed by atoms with E-state index >= 15 is 0 Å². The average Bonchev–Trinajstić information content (AvgIpc) is 2.34. The van der Waals surface area contributed by atoms with Gasteiger partial charge in [-0.15, -0.1) is 0 Å². The average molecular weight is 256 g/mol. The largest absolute Gasteiger partial charge is 0.396 e. The highest BCUT2D eigenvalue weighted by atomic mass is 35.5. The number of pyridine rings is 1. The highest BCUT2D eigenvalue weighted by Gasteiger charge is 2.24. The predicted octanol–water partition coefficient (Wildman–Crippen LogP) is 2.06. The van der Waals surface area contributed by atoms with Crippen LogP contribution in [0.2, 0.25) is 5.15 Å². The van der Waals surface area contributed by atoms with Crippen LogP contribution >= 0.6 is 11.6 Å². The van der Waals surface area contributed by atoms with Gasteiger partial charge in [-0.05, 0) is 37.8 Å². The number of aliphatic hydroxyl groups excluding tert-OH is 1. The van der Waals surface area contributed by atoms with Crippen molar-refractivity contribution in [1.82, 2.24) is 4.98 Å². The first-order chi connectivity index (χ1) is 8.22. The molecule has 1 saturated heterocycles. The molecule has 5 heteroatoms. The molecule has 0 aliphatic carbocycles. The molecule has 1 atom stereocenters. The third-order valence-corrected chi connectivity index (χ3v) is 3.44. The molecular formula is C12H18ClN3O. The molecule has 0 aromatic carbocycles. The summed E-state index contributed by atoms with van der Waals surface area (Å²) in [5.74, 6) is 0.760. The van der Waals surface area contributed by atoms with Gasteiger partial charge in [0, 0.05) is 19.2 Å². The minimum absolute atomic E-state index is 0.196. The summed E-state index contributed by atoms with van der Waals surface area (Å²) in [5.41, 5.74) is 6.61. The second-order valence-electron chi connectivity index (χ2n) is 4.40. The lowest BCUT2D eigenvalue weighted by Gasteiger charge is -2.37. The van der Waals surface area contributed by atoms with Gasteiger partial charge in [-0.25, -0.2) is 4.98 Å². The van der Waals surface area contributed by atoms with E-state index in [-0.39, 0.29) is 6.61 Å². The van der Waals surface area contributed by atoms with E-state index in [2.05, 4.69) is 9.88 Å². The van der Waals surface area contributed by atoms with Crippen molar-refractivity contribution >= 4 is 23.1 Å². The minimum Gasteiger partial charge on any atom is -0.396 e. The first-order valence-corrected chi connectivity index (χ1v) is 6.39. The van der Waals surface area contributed by atoms with E-state index in [1.807, 2.05) is 0 Å². The van der Waals surface area contributed by atoms with Crippen LogP contribution in [0.15, 0.2) is 12.1 Å². The molecule has 3 N–H and O–H groups in total. The van der Waals surface area contributed by atoms with Crippen LogP contribution in [-0.2, 0) is 0 Å². The summed E-state index contributed by atoms with van der Waals surface area (Å²) in [6.07, 6.45) is 4.17. The fourth-order valence-electron chi connectivity index (χ4n) is 2.39. The molecule has 1 unspecified atom stereocenters. The topological polar surface area (TPSA) is 62.4 Å². The van der Waals surface area contributed by atoms with Gasteiger partial charge in [-0.3, -0.25) is 0 Å². The Morgan fingerprint density at radius 2 is 2.29 bits per heavy atom.